The highest BCUT2D eigenvalue weighted by atomic mass is 16.4. The van der Waals surface area contributed by atoms with Crippen molar-refractivity contribution in [1.82, 2.24) is 35.9 Å². The minimum absolute atomic E-state index is 0.0680. The number of nitrogens with two attached hydrogens (primary N) is 1. The average molecular weight is 521 g/mol. The Morgan fingerprint density at radius 2 is 1.35 bits per heavy atom. The number of rotatable bonds is 15. The van der Waals surface area contributed by atoms with Gasteiger partial charge in [0.1, 0.15) is 18.1 Å². The first-order chi connectivity index (χ1) is 17.5. The van der Waals surface area contributed by atoms with E-state index >= 15 is 0 Å². The molecule has 15 heteroatoms. The molecule has 0 spiro atoms. The van der Waals surface area contributed by atoms with E-state index < -0.39 is 60.2 Å². The Bertz CT molecular complexity index is 1060. The number of carboxylic acid groups (broad SMARTS) is 2. The second-order valence-electron chi connectivity index (χ2n) is 8.92. The molecule has 0 aliphatic carbocycles. The molecule has 0 bridgehead atoms. The third-order valence-electron chi connectivity index (χ3n) is 5.28. The summed E-state index contributed by atoms with van der Waals surface area (Å²) in [6.07, 6.45) is 5.03. The molecular weight excluding hydrogens is 488 g/mol. The van der Waals surface area contributed by atoms with Gasteiger partial charge >= 0.3 is 11.9 Å². The van der Waals surface area contributed by atoms with Gasteiger partial charge in [0.15, 0.2) is 0 Å². The third kappa shape index (κ3) is 9.71. The van der Waals surface area contributed by atoms with Gasteiger partial charge in [0.2, 0.25) is 17.7 Å². The summed E-state index contributed by atoms with van der Waals surface area (Å²) in [4.78, 5) is 74.7. The molecule has 2 aromatic heterocycles. The molecule has 4 atom stereocenters. The molecule has 0 radical (unpaired) electrons. The molecule has 0 aromatic carbocycles. The van der Waals surface area contributed by atoms with Crippen LogP contribution in [0, 0.1) is 5.92 Å². The monoisotopic (exact) mass is 520 g/mol. The smallest absolute Gasteiger partial charge is 0.326 e. The molecule has 2 rings (SSSR count). The molecule has 2 heterocycles. The van der Waals surface area contributed by atoms with E-state index in [0.29, 0.717) is 11.4 Å². The van der Waals surface area contributed by atoms with E-state index in [2.05, 4.69) is 35.9 Å². The zero-order chi connectivity index (χ0) is 27.5. The number of amides is 3. The molecule has 4 unspecified atom stereocenters. The van der Waals surface area contributed by atoms with Crippen molar-refractivity contribution < 1.29 is 34.2 Å². The van der Waals surface area contributed by atoms with Gasteiger partial charge in [-0.05, 0) is 12.3 Å². The van der Waals surface area contributed by atoms with Gasteiger partial charge in [-0.15, -0.1) is 0 Å². The van der Waals surface area contributed by atoms with Crippen LogP contribution in [0.4, 0.5) is 0 Å². The van der Waals surface area contributed by atoms with E-state index in [9.17, 15) is 34.2 Å². The summed E-state index contributed by atoms with van der Waals surface area (Å²) in [7, 11) is 0. The Balaban J connectivity index is 2.10. The van der Waals surface area contributed by atoms with E-state index in [0.717, 1.165) is 0 Å². The molecule has 15 nitrogen and oxygen atoms in total. The van der Waals surface area contributed by atoms with Crippen LogP contribution in [0.1, 0.15) is 38.1 Å². The highest BCUT2D eigenvalue weighted by Gasteiger charge is 2.32. The van der Waals surface area contributed by atoms with E-state index in [1.165, 1.54) is 25.0 Å². The molecule has 0 saturated carbocycles. The Hall–Kier alpha value is -4.27. The predicted molar refractivity (Wildman–Crippen MR) is 128 cm³/mol. The number of carbonyl (C=O) groups excluding carboxylic acids is 3. The number of aromatic nitrogens is 4. The number of nitrogens with one attached hydrogen (secondary N) is 5. The van der Waals surface area contributed by atoms with Gasteiger partial charge in [0.25, 0.3) is 0 Å². The first kappa shape index (κ1) is 29.0. The van der Waals surface area contributed by atoms with Crippen molar-refractivity contribution in [2.24, 2.45) is 11.7 Å². The molecule has 0 fully saturated rings. The SMILES string of the molecule is CC(C)CC(NC(=O)C(CC(=O)O)NC(=O)C(N)Cc1cnc[nH]1)C(=O)NC(Cc1cnc[nH]1)C(=O)O. The number of carbonyl (C=O) groups is 5. The molecule has 0 saturated heterocycles. The van der Waals surface area contributed by atoms with E-state index in [4.69, 9.17) is 5.73 Å². The predicted octanol–water partition coefficient (Wildman–Crippen LogP) is -1.69. The first-order valence-electron chi connectivity index (χ1n) is 11.5. The zero-order valence-corrected chi connectivity index (χ0v) is 20.4. The number of aliphatic carboxylic acids is 2. The Labute approximate surface area is 212 Å². The lowest BCUT2D eigenvalue weighted by Crippen LogP contribution is -2.58. The molecule has 3 amide bonds. The van der Waals surface area contributed by atoms with Crippen LogP contribution in [0.3, 0.4) is 0 Å². The maximum Gasteiger partial charge on any atom is 0.326 e. The summed E-state index contributed by atoms with van der Waals surface area (Å²) in [6, 6.07) is -5.13. The van der Waals surface area contributed by atoms with Crippen LogP contribution >= 0.6 is 0 Å². The Kier molecular flexibility index (Phi) is 10.7. The van der Waals surface area contributed by atoms with Crippen LogP contribution < -0.4 is 21.7 Å². The van der Waals surface area contributed by atoms with Crippen molar-refractivity contribution in [3.8, 4) is 0 Å². The summed E-state index contributed by atoms with van der Waals surface area (Å²) in [5.74, 6) is -5.22. The number of aromatic amines is 2. The first-order valence-corrected chi connectivity index (χ1v) is 11.5. The topological polar surface area (TPSA) is 245 Å². The molecular formula is C22H32N8O7. The fraction of sp³-hybridized carbons (Fsp3) is 0.500. The van der Waals surface area contributed by atoms with Crippen molar-refractivity contribution in [2.75, 3.05) is 0 Å². The van der Waals surface area contributed by atoms with Gasteiger partial charge in [-0.25, -0.2) is 14.8 Å². The van der Waals surface area contributed by atoms with E-state index in [-0.39, 0.29) is 25.2 Å². The minimum Gasteiger partial charge on any atom is -0.481 e. The molecule has 0 aliphatic heterocycles. The van der Waals surface area contributed by atoms with Crippen molar-refractivity contribution >= 4 is 29.7 Å². The molecule has 0 aliphatic rings. The Morgan fingerprint density at radius 3 is 1.84 bits per heavy atom. The van der Waals surface area contributed by atoms with Gasteiger partial charge in [0.05, 0.1) is 25.1 Å². The lowest BCUT2D eigenvalue weighted by atomic mass is 10.0. The summed E-state index contributed by atoms with van der Waals surface area (Å²) in [5.41, 5.74) is 6.92. The maximum atomic E-state index is 13.0. The number of imidazole rings is 2. The number of H-pyrrole nitrogens is 2. The van der Waals surface area contributed by atoms with Crippen LogP contribution in [0.5, 0.6) is 0 Å². The number of nitrogens with zero attached hydrogens (tertiary/aromatic N) is 2. The van der Waals surface area contributed by atoms with Gasteiger partial charge in [0, 0.05) is 36.6 Å². The van der Waals surface area contributed by atoms with Crippen LogP contribution in [0.25, 0.3) is 0 Å². The molecule has 2 aromatic rings. The second-order valence-corrected chi connectivity index (χ2v) is 8.92. The third-order valence-corrected chi connectivity index (χ3v) is 5.28. The lowest BCUT2D eigenvalue weighted by molar-refractivity contribution is -0.143. The molecule has 9 N–H and O–H groups in total. The maximum absolute atomic E-state index is 13.0. The second kappa shape index (κ2) is 13.7. The van der Waals surface area contributed by atoms with Gasteiger partial charge < -0.3 is 41.9 Å². The highest BCUT2D eigenvalue weighted by molar-refractivity contribution is 5.95. The fourth-order valence-corrected chi connectivity index (χ4v) is 3.45. The van der Waals surface area contributed by atoms with Crippen molar-refractivity contribution in [2.45, 2.75) is 63.7 Å². The van der Waals surface area contributed by atoms with Crippen LogP contribution in [0.15, 0.2) is 25.0 Å². The fourth-order valence-electron chi connectivity index (χ4n) is 3.45. The van der Waals surface area contributed by atoms with Crippen LogP contribution in [0.2, 0.25) is 0 Å². The van der Waals surface area contributed by atoms with E-state index in [1.807, 2.05) is 0 Å². The number of hydrogen-bond acceptors (Lipinski definition) is 8. The van der Waals surface area contributed by atoms with Crippen molar-refractivity contribution in [3.05, 3.63) is 36.4 Å². The largest absolute Gasteiger partial charge is 0.481 e. The van der Waals surface area contributed by atoms with Crippen LogP contribution in [-0.2, 0) is 36.8 Å². The molecule has 202 valence electrons. The Morgan fingerprint density at radius 1 is 0.838 bits per heavy atom. The number of hydrogen-bond donors (Lipinski definition) is 8. The number of carboxylic acids is 2. The zero-order valence-electron chi connectivity index (χ0n) is 20.4. The summed E-state index contributed by atoms with van der Waals surface area (Å²) < 4.78 is 0. The van der Waals surface area contributed by atoms with Gasteiger partial charge in [-0.3, -0.25) is 19.2 Å². The lowest BCUT2D eigenvalue weighted by Gasteiger charge is -2.25. The molecule has 37 heavy (non-hydrogen) atoms. The van der Waals surface area contributed by atoms with Crippen LogP contribution in [-0.4, -0.2) is 84.0 Å². The minimum atomic E-state index is -1.53. The summed E-state index contributed by atoms with van der Waals surface area (Å²) >= 11 is 0. The van der Waals surface area contributed by atoms with Crippen molar-refractivity contribution in [3.63, 3.8) is 0 Å². The van der Waals surface area contributed by atoms with Gasteiger partial charge in [-0.1, -0.05) is 13.8 Å². The van der Waals surface area contributed by atoms with E-state index in [1.54, 1.807) is 13.8 Å². The summed E-state index contributed by atoms with van der Waals surface area (Å²) in [6.45, 7) is 3.58. The van der Waals surface area contributed by atoms with Gasteiger partial charge in [-0.2, -0.15) is 0 Å². The highest BCUT2D eigenvalue weighted by Crippen LogP contribution is 2.08. The standard InChI is InChI=1S/C22H32N8O7/c1-11(2)3-15(20(34)30-17(22(36)37)5-13-8-25-10-27-13)29-21(35)16(6-18(31)32)28-19(33)14(23)4-12-7-24-9-26-12/h7-11,14-17H,3-6,23H2,1-2H3,(H,24,26)(H,25,27)(H,28,33)(H,29,35)(H,30,34)(H,31,32)(H,36,37). The average Bonchev–Trinajstić information content (AvgIpc) is 3.51. The quantitative estimate of drug-likeness (QED) is 0.132. The van der Waals surface area contributed by atoms with Crippen molar-refractivity contribution in [1.29, 1.82) is 0 Å². The summed E-state index contributed by atoms with van der Waals surface area (Å²) in [5, 5.41) is 25.9. The normalized spacial score (nSPS) is 14.3.